The van der Waals surface area contributed by atoms with Crippen molar-refractivity contribution >= 4 is 5.91 Å². The van der Waals surface area contributed by atoms with Crippen molar-refractivity contribution in [1.29, 1.82) is 0 Å². The van der Waals surface area contributed by atoms with E-state index in [1.807, 2.05) is 0 Å². The summed E-state index contributed by atoms with van der Waals surface area (Å²) < 4.78 is 0. The van der Waals surface area contributed by atoms with Gasteiger partial charge in [0.1, 0.15) is 0 Å². The van der Waals surface area contributed by atoms with Crippen LogP contribution in [0.15, 0.2) is 0 Å². The van der Waals surface area contributed by atoms with Crippen LogP contribution >= 0.6 is 0 Å². The molecule has 0 spiro atoms. The molecular weight excluding hydrogens is 188 g/mol. The molecule has 15 heavy (non-hydrogen) atoms. The molecule has 1 saturated carbocycles. The van der Waals surface area contributed by atoms with Gasteiger partial charge in [0.25, 0.3) is 0 Å². The first kappa shape index (κ1) is 10.9. The molecule has 2 aliphatic rings. The summed E-state index contributed by atoms with van der Waals surface area (Å²) in [6.07, 6.45) is 7.05. The lowest BCUT2D eigenvalue weighted by Crippen LogP contribution is -2.36. The number of hydrogen-bond donors (Lipinski definition) is 2. The Balaban J connectivity index is 1.57. The van der Waals surface area contributed by atoms with E-state index in [2.05, 4.69) is 10.6 Å². The second-order valence-corrected chi connectivity index (χ2v) is 5.00. The maximum atomic E-state index is 11.6. The summed E-state index contributed by atoms with van der Waals surface area (Å²) in [5.74, 6) is 1.67. The lowest BCUT2D eigenvalue weighted by molar-refractivity contribution is -0.122. The van der Waals surface area contributed by atoms with Gasteiger partial charge in [-0.1, -0.05) is 6.42 Å². The molecule has 3 nitrogen and oxygen atoms in total. The fraction of sp³-hybridized carbons (Fsp3) is 0.917. The highest BCUT2D eigenvalue weighted by Crippen LogP contribution is 2.29. The number of carbonyl (C=O) groups is 1. The van der Waals surface area contributed by atoms with Crippen molar-refractivity contribution in [1.82, 2.24) is 10.6 Å². The van der Waals surface area contributed by atoms with Crippen LogP contribution in [0.25, 0.3) is 0 Å². The first-order chi connectivity index (χ1) is 7.34. The standard InChI is InChI=1S/C12H22N2O/c15-12(8-10-2-1-3-10)14-9-11-4-6-13-7-5-11/h10-11,13H,1-9H2,(H,14,15). The third-order valence-electron chi connectivity index (χ3n) is 3.75. The largest absolute Gasteiger partial charge is 0.356 e. The fourth-order valence-electron chi connectivity index (χ4n) is 2.38. The number of rotatable bonds is 4. The van der Waals surface area contributed by atoms with Crippen LogP contribution in [-0.2, 0) is 4.79 Å². The predicted octanol–water partition coefficient (Wildman–Crippen LogP) is 1.29. The Kier molecular flexibility index (Phi) is 4.01. The molecule has 86 valence electrons. The highest BCUT2D eigenvalue weighted by atomic mass is 16.1. The average Bonchev–Trinajstić information content (AvgIpc) is 2.22. The zero-order valence-corrected chi connectivity index (χ0v) is 9.43. The maximum Gasteiger partial charge on any atom is 0.220 e. The molecule has 0 unspecified atom stereocenters. The zero-order chi connectivity index (χ0) is 10.5. The number of nitrogens with one attached hydrogen (secondary N) is 2. The molecule has 0 atom stereocenters. The van der Waals surface area contributed by atoms with E-state index in [4.69, 9.17) is 0 Å². The summed E-state index contributed by atoms with van der Waals surface area (Å²) in [5, 5.41) is 6.42. The Bertz CT molecular complexity index is 208. The van der Waals surface area contributed by atoms with Gasteiger partial charge in [-0.25, -0.2) is 0 Å². The van der Waals surface area contributed by atoms with Gasteiger partial charge < -0.3 is 10.6 Å². The van der Waals surface area contributed by atoms with Crippen molar-refractivity contribution < 1.29 is 4.79 Å². The molecule has 2 rings (SSSR count). The Hall–Kier alpha value is -0.570. The average molecular weight is 210 g/mol. The van der Waals surface area contributed by atoms with Gasteiger partial charge in [0, 0.05) is 13.0 Å². The summed E-state index contributed by atoms with van der Waals surface area (Å²) in [6, 6.07) is 0. The van der Waals surface area contributed by atoms with Crippen LogP contribution in [0.5, 0.6) is 0 Å². The molecule has 1 aliphatic heterocycles. The van der Waals surface area contributed by atoms with E-state index in [-0.39, 0.29) is 5.91 Å². The molecule has 1 heterocycles. The van der Waals surface area contributed by atoms with E-state index in [9.17, 15) is 4.79 Å². The molecule has 1 amide bonds. The minimum Gasteiger partial charge on any atom is -0.356 e. The van der Waals surface area contributed by atoms with Crippen LogP contribution in [0.1, 0.15) is 38.5 Å². The van der Waals surface area contributed by atoms with Gasteiger partial charge in [-0.15, -0.1) is 0 Å². The first-order valence-electron chi connectivity index (χ1n) is 6.32. The first-order valence-corrected chi connectivity index (χ1v) is 6.32. The lowest BCUT2D eigenvalue weighted by Gasteiger charge is -2.26. The molecule has 0 radical (unpaired) electrons. The summed E-state index contributed by atoms with van der Waals surface area (Å²) in [6.45, 7) is 3.12. The van der Waals surface area contributed by atoms with Gasteiger partial charge in [0.05, 0.1) is 0 Å². The van der Waals surface area contributed by atoms with Gasteiger partial charge >= 0.3 is 0 Å². The van der Waals surface area contributed by atoms with E-state index in [1.54, 1.807) is 0 Å². The molecule has 0 bridgehead atoms. The Labute approximate surface area is 92.0 Å². The van der Waals surface area contributed by atoms with Gasteiger partial charge in [0.15, 0.2) is 0 Å². The number of carbonyl (C=O) groups excluding carboxylic acids is 1. The molecule has 0 aromatic heterocycles. The number of amides is 1. The van der Waals surface area contributed by atoms with Crippen LogP contribution in [0.2, 0.25) is 0 Å². The van der Waals surface area contributed by atoms with Crippen molar-refractivity contribution in [3.05, 3.63) is 0 Å². The molecule has 3 heteroatoms. The molecule has 1 saturated heterocycles. The quantitative estimate of drug-likeness (QED) is 0.734. The van der Waals surface area contributed by atoms with Crippen LogP contribution in [-0.4, -0.2) is 25.5 Å². The molecular formula is C12H22N2O. The normalized spacial score (nSPS) is 23.5. The molecule has 2 N–H and O–H groups in total. The highest BCUT2D eigenvalue weighted by molar-refractivity contribution is 5.76. The summed E-state index contributed by atoms with van der Waals surface area (Å²) in [7, 11) is 0. The van der Waals surface area contributed by atoms with Crippen molar-refractivity contribution in [3.63, 3.8) is 0 Å². The Morgan fingerprint density at radius 3 is 2.47 bits per heavy atom. The van der Waals surface area contributed by atoms with Gasteiger partial charge in [-0.05, 0) is 50.6 Å². The number of piperidine rings is 1. The lowest BCUT2D eigenvalue weighted by atomic mass is 9.83. The topological polar surface area (TPSA) is 41.1 Å². The second-order valence-electron chi connectivity index (χ2n) is 5.00. The van der Waals surface area contributed by atoms with E-state index in [0.29, 0.717) is 11.8 Å². The van der Waals surface area contributed by atoms with Gasteiger partial charge in [-0.2, -0.15) is 0 Å². The van der Waals surface area contributed by atoms with Crippen LogP contribution in [0.3, 0.4) is 0 Å². The maximum absolute atomic E-state index is 11.6. The van der Waals surface area contributed by atoms with E-state index in [1.165, 1.54) is 32.1 Å². The Morgan fingerprint density at radius 2 is 1.87 bits per heavy atom. The smallest absolute Gasteiger partial charge is 0.220 e. The van der Waals surface area contributed by atoms with Gasteiger partial charge in [0.2, 0.25) is 5.91 Å². The Morgan fingerprint density at radius 1 is 1.13 bits per heavy atom. The second kappa shape index (κ2) is 5.50. The summed E-state index contributed by atoms with van der Waals surface area (Å²) in [5.41, 5.74) is 0. The third-order valence-corrected chi connectivity index (χ3v) is 3.75. The molecule has 0 aromatic carbocycles. The van der Waals surface area contributed by atoms with E-state index < -0.39 is 0 Å². The zero-order valence-electron chi connectivity index (χ0n) is 9.43. The van der Waals surface area contributed by atoms with Crippen molar-refractivity contribution in [2.24, 2.45) is 11.8 Å². The van der Waals surface area contributed by atoms with Crippen molar-refractivity contribution in [2.45, 2.75) is 38.5 Å². The van der Waals surface area contributed by atoms with Gasteiger partial charge in [-0.3, -0.25) is 4.79 Å². The minimum absolute atomic E-state index is 0.276. The number of hydrogen-bond acceptors (Lipinski definition) is 2. The predicted molar refractivity (Wildman–Crippen MR) is 60.6 cm³/mol. The summed E-state index contributed by atoms with van der Waals surface area (Å²) in [4.78, 5) is 11.6. The monoisotopic (exact) mass is 210 g/mol. The van der Waals surface area contributed by atoms with Crippen LogP contribution in [0, 0.1) is 11.8 Å². The minimum atomic E-state index is 0.276. The fourth-order valence-corrected chi connectivity index (χ4v) is 2.38. The van der Waals surface area contributed by atoms with E-state index >= 15 is 0 Å². The highest BCUT2D eigenvalue weighted by Gasteiger charge is 2.21. The molecule has 2 fully saturated rings. The SMILES string of the molecule is O=C(CC1CCC1)NCC1CCNCC1. The van der Waals surface area contributed by atoms with Crippen LogP contribution < -0.4 is 10.6 Å². The molecule has 0 aromatic rings. The third kappa shape index (κ3) is 3.49. The van der Waals surface area contributed by atoms with Crippen LogP contribution in [0.4, 0.5) is 0 Å². The summed E-state index contributed by atoms with van der Waals surface area (Å²) >= 11 is 0. The van der Waals surface area contributed by atoms with Crippen molar-refractivity contribution in [2.75, 3.05) is 19.6 Å². The van der Waals surface area contributed by atoms with E-state index in [0.717, 1.165) is 26.1 Å². The van der Waals surface area contributed by atoms with Crippen molar-refractivity contribution in [3.8, 4) is 0 Å². The molecule has 1 aliphatic carbocycles.